The highest BCUT2D eigenvalue weighted by Crippen LogP contribution is 2.30. The Hall–Kier alpha value is -3.43. The summed E-state index contributed by atoms with van der Waals surface area (Å²) in [7, 11) is -2.74. The summed E-state index contributed by atoms with van der Waals surface area (Å²) in [5.41, 5.74) is 0.0706. The Labute approximate surface area is 273 Å². The van der Waals surface area contributed by atoms with Crippen LogP contribution in [0, 0.1) is 11.7 Å². The monoisotopic (exact) mass is 689 g/mol. The van der Waals surface area contributed by atoms with Crippen molar-refractivity contribution in [2.45, 2.75) is 82.2 Å². The number of anilines is 1. The van der Waals surface area contributed by atoms with Gasteiger partial charge in [0, 0.05) is 44.8 Å². The average Bonchev–Trinajstić information content (AvgIpc) is 3.00. The Morgan fingerprint density at radius 1 is 1.15 bits per heavy atom. The standard InChI is InChI=1S/C32H43F4N3O7S/c1-21-18-39(22(2)20-40)31(42)27-17-25(37-47(43,44)26-11-8-24(33)9-12-26)10-13-28(27)46-23(3)7-5-6-16-45-29(21)19-38(4)30(41)14-15-32(34,35)36/h8-13,17,21-23,29,37,40H,5-7,14-16,18-20H2,1-4H3/t21-,22+,23-,29-/m1/s1. The third kappa shape index (κ3) is 11.4. The van der Waals surface area contributed by atoms with E-state index in [0.29, 0.717) is 25.9 Å². The van der Waals surface area contributed by atoms with E-state index in [-0.39, 0.29) is 41.1 Å². The number of alkyl halides is 3. The van der Waals surface area contributed by atoms with Gasteiger partial charge in [0.2, 0.25) is 5.91 Å². The molecule has 2 aromatic carbocycles. The SMILES string of the molecule is C[C@@H]1CCCCO[C@H](CN(C)C(=O)CCC(F)(F)F)[C@H](C)CN([C@@H](C)CO)C(=O)c2cc(NS(=O)(=O)c3ccc(F)cc3)ccc2O1. The van der Waals surface area contributed by atoms with Gasteiger partial charge in [0.1, 0.15) is 11.6 Å². The number of carbonyl (C=O) groups excluding carboxylic acids is 2. The Bertz CT molecular complexity index is 1460. The Morgan fingerprint density at radius 2 is 1.83 bits per heavy atom. The molecule has 3 rings (SSSR count). The van der Waals surface area contributed by atoms with E-state index in [1.54, 1.807) is 13.8 Å². The van der Waals surface area contributed by atoms with Crippen molar-refractivity contribution < 1.29 is 50.1 Å². The van der Waals surface area contributed by atoms with Crippen LogP contribution in [0.1, 0.15) is 63.2 Å². The normalized spacial score (nSPS) is 20.8. The number of nitrogens with one attached hydrogen (secondary N) is 1. The number of aliphatic hydroxyl groups is 1. The highest BCUT2D eigenvalue weighted by molar-refractivity contribution is 7.92. The maximum atomic E-state index is 14.2. The van der Waals surface area contributed by atoms with Crippen molar-refractivity contribution in [1.82, 2.24) is 9.80 Å². The molecular weight excluding hydrogens is 646 g/mol. The maximum Gasteiger partial charge on any atom is 0.389 e. The number of aliphatic hydroxyl groups excluding tert-OH is 1. The number of halogens is 4. The number of amides is 2. The van der Waals surface area contributed by atoms with E-state index >= 15 is 0 Å². The molecule has 0 radical (unpaired) electrons. The molecule has 262 valence electrons. The number of carbonyl (C=O) groups is 2. The van der Waals surface area contributed by atoms with Gasteiger partial charge in [0.05, 0.1) is 41.7 Å². The molecule has 10 nitrogen and oxygen atoms in total. The van der Waals surface area contributed by atoms with Gasteiger partial charge in [-0.2, -0.15) is 13.2 Å². The lowest BCUT2D eigenvalue weighted by Gasteiger charge is -2.36. The van der Waals surface area contributed by atoms with Gasteiger partial charge in [-0.15, -0.1) is 0 Å². The number of sulfonamides is 1. The van der Waals surface area contributed by atoms with E-state index in [1.165, 1.54) is 35.0 Å². The number of rotatable bonds is 9. The third-order valence-electron chi connectivity index (χ3n) is 7.93. The fourth-order valence-corrected chi connectivity index (χ4v) is 6.14. The second kappa shape index (κ2) is 16.6. The van der Waals surface area contributed by atoms with Gasteiger partial charge in [-0.25, -0.2) is 12.8 Å². The topological polar surface area (TPSA) is 125 Å². The molecule has 2 aromatic rings. The molecule has 0 spiro atoms. The first kappa shape index (κ1) is 38.0. The molecule has 2 N–H and O–H groups in total. The number of ether oxygens (including phenoxy) is 2. The number of hydrogen-bond donors (Lipinski definition) is 2. The van der Waals surface area contributed by atoms with Crippen LogP contribution in [0.5, 0.6) is 5.75 Å². The quantitative estimate of drug-likeness (QED) is 0.346. The molecule has 0 aromatic heterocycles. The summed E-state index contributed by atoms with van der Waals surface area (Å²) in [4.78, 5) is 29.1. The lowest BCUT2D eigenvalue weighted by molar-refractivity contribution is -0.149. The highest BCUT2D eigenvalue weighted by atomic mass is 32.2. The van der Waals surface area contributed by atoms with Crippen LogP contribution in [-0.4, -0.2) is 92.9 Å². The van der Waals surface area contributed by atoms with Crippen molar-refractivity contribution in [3.05, 3.63) is 53.8 Å². The van der Waals surface area contributed by atoms with E-state index in [1.807, 2.05) is 6.92 Å². The number of benzene rings is 2. The minimum atomic E-state index is -4.47. The molecular formula is C32H43F4N3O7S. The second-order valence-corrected chi connectivity index (χ2v) is 13.6. The minimum Gasteiger partial charge on any atom is -0.490 e. The van der Waals surface area contributed by atoms with Crippen LogP contribution in [0.15, 0.2) is 47.4 Å². The predicted octanol–water partition coefficient (Wildman–Crippen LogP) is 5.22. The molecule has 0 aliphatic carbocycles. The van der Waals surface area contributed by atoms with Crippen molar-refractivity contribution in [3.63, 3.8) is 0 Å². The van der Waals surface area contributed by atoms with Gasteiger partial charge in [0.15, 0.2) is 0 Å². The van der Waals surface area contributed by atoms with Crippen LogP contribution in [0.2, 0.25) is 0 Å². The number of likely N-dealkylation sites (N-methyl/N-ethyl adjacent to an activating group) is 1. The fourth-order valence-electron chi connectivity index (χ4n) is 5.09. The number of hydrogen-bond acceptors (Lipinski definition) is 7. The van der Waals surface area contributed by atoms with Crippen LogP contribution in [0.4, 0.5) is 23.2 Å². The van der Waals surface area contributed by atoms with E-state index in [9.17, 15) is 40.7 Å². The zero-order valence-corrected chi connectivity index (χ0v) is 27.7. The molecule has 15 heteroatoms. The van der Waals surface area contributed by atoms with E-state index in [4.69, 9.17) is 9.47 Å². The first-order valence-corrected chi connectivity index (χ1v) is 16.9. The summed E-state index contributed by atoms with van der Waals surface area (Å²) in [5.74, 6) is -2.11. The molecule has 0 saturated heterocycles. The summed E-state index contributed by atoms with van der Waals surface area (Å²) < 4.78 is 92.3. The third-order valence-corrected chi connectivity index (χ3v) is 9.33. The van der Waals surface area contributed by atoms with Gasteiger partial charge in [0.25, 0.3) is 15.9 Å². The molecule has 0 saturated carbocycles. The smallest absolute Gasteiger partial charge is 0.389 e. The zero-order valence-electron chi connectivity index (χ0n) is 26.9. The van der Waals surface area contributed by atoms with Crippen molar-refractivity contribution in [3.8, 4) is 5.75 Å². The van der Waals surface area contributed by atoms with Gasteiger partial charge in [-0.1, -0.05) is 6.92 Å². The Kier molecular flexibility index (Phi) is 13.4. The van der Waals surface area contributed by atoms with E-state index in [2.05, 4.69) is 4.72 Å². The molecule has 1 heterocycles. The molecule has 0 unspecified atom stereocenters. The summed E-state index contributed by atoms with van der Waals surface area (Å²) in [5, 5.41) is 10.1. The molecule has 47 heavy (non-hydrogen) atoms. The van der Waals surface area contributed by atoms with Crippen LogP contribution in [0.25, 0.3) is 0 Å². The molecule has 1 aliphatic heterocycles. The van der Waals surface area contributed by atoms with Gasteiger partial charge >= 0.3 is 6.18 Å². The minimum absolute atomic E-state index is 0.0151. The van der Waals surface area contributed by atoms with Gasteiger partial charge in [-0.3, -0.25) is 14.3 Å². The summed E-state index contributed by atoms with van der Waals surface area (Å²) in [6.07, 6.45) is -5.50. The van der Waals surface area contributed by atoms with Crippen LogP contribution < -0.4 is 9.46 Å². The highest BCUT2D eigenvalue weighted by Gasteiger charge is 2.32. The summed E-state index contributed by atoms with van der Waals surface area (Å²) >= 11 is 0. The van der Waals surface area contributed by atoms with Crippen LogP contribution in [0.3, 0.4) is 0 Å². The van der Waals surface area contributed by atoms with Crippen LogP contribution >= 0.6 is 0 Å². The number of nitrogens with zero attached hydrogens (tertiary/aromatic N) is 2. The average molecular weight is 690 g/mol. The Balaban J connectivity index is 1.95. The van der Waals surface area contributed by atoms with Crippen molar-refractivity contribution >= 4 is 27.5 Å². The lowest BCUT2D eigenvalue weighted by Crippen LogP contribution is -2.48. The van der Waals surface area contributed by atoms with Gasteiger partial charge < -0.3 is 24.4 Å². The molecule has 2 amide bonds. The number of fused-ring (bicyclic) bond motifs is 1. The maximum absolute atomic E-state index is 14.2. The molecule has 4 atom stereocenters. The van der Waals surface area contributed by atoms with E-state index in [0.717, 1.165) is 24.3 Å². The second-order valence-electron chi connectivity index (χ2n) is 12.0. The first-order chi connectivity index (χ1) is 22.0. The van der Waals surface area contributed by atoms with E-state index < -0.39 is 71.3 Å². The molecule has 0 bridgehead atoms. The zero-order chi connectivity index (χ0) is 34.9. The van der Waals surface area contributed by atoms with Crippen molar-refractivity contribution in [1.29, 1.82) is 0 Å². The molecule has 1 aliphatic rings. The lowest BCUT2D eigenvalue weighted by atomic mass is 10.0. The Morgan fingerprint density at radius 3 is 2.47 bits per heavy atom. The fraction of sp³-hybridized carbons (Fsp3) is 0.562. The van der Waals surface area contributed by atoms with Gasteiger partial charge in [-0.05, 0) is 75.6 Å². The molecule has 0 fully saturated rings. The largest absolute Gasteiger partial charge is 0.490 e. The van der Waals surface area contributed by atoms with Crippen molar-refractivity contribution in [2.75, 3.05) is 38.1 Å². The summed E-state index contributed by atoms with van der Waals surface area (Å²) in [6.45, 7) is 5.14. The van der Waals surface area contributed by atoms with Crippen LogP contribution in [-0.2, 0) is 19.6 Å². The first-order valence-electron chi connectivity index (χ1n) is 15.4. The summed E-state index contributed by atoms with van der Waals surface area (Å²) in [6, 6.07) is 7.79. The predicted molar refractivity (Wildman–Crippen MR) is 167 cm³/mol. The van der Waals surface area contributed by atoms with Crippen molar-refractivity contribution in [2.24, 2.45) is 5.92 Å².